The molecule has 104 valence electrons. The van der Waals surface area contributed by atoms with Gasteiger partial charge < -0.3 is 5.32 Å². The summed E-state index contributed by atoms with van der Waals surface area (Å²) < 4.78 is 0. The molecule has 0 bridgehead atoms. The van der Waals surface area contributed by atoms with Crippen molar-refractivity contribution in [1.82, 2.24) is 10.3 Å². The molecule has 3 rings (SSSR count). The number of hydrogen-bond acceptors (Lipinski definition) is 2. The largest absolute Gasteiger partial charge is 0.307 e. The third kappa shape index (κ3) is 2.91. The quantitative estimate of drug-likeness (QED) is 0.905. The first kappa shape index (κ1) is 13.3. The van der Waals surface area contributed by atoms with Gasteiger partial charge in [0.1, 0.15) is 0 Å². The molecule has 0 aliphatic heterocycles. The van der Waals surface area contributed by atoms with E-state index >= 15 is 0 Å². The molecule has 0 amide bonds. The van der Waals surface area contributed by atoms with Gasteiger partial charge in [-0.1, -0.05) is 29.8 Å². The van der Waals surface area contributed by atoms with Crippen LogP contribution in [0.3, 0.4) is 0 Å². The first-order chi connectivity index (χ1) is 9.72. The summed E-state index contributed by atoms with van der Waals surface area (Å²) in [6.07, 6.45) is 6.23. The van der Waals surface area contributed by atoms with Crippen molar-refractivity contribution in [3.05, 3.63) is 65.5 Å². The summed E-state index contributed by atoms with van der Waals surface area (Å²) in [4.78, 5) is 4.07. The second kappa shape index (κ2) is 5.76. The fourth-order valence-electron chi connectivity index (χ4n) is 3.05. The van der Waals surface area contributed by atoms with Crippen LogP contribution in [0.25, 0.3) is 0 Å². The van der Waals surface area contributed by atoms with Crippen LogP contribution in [0.4, 0.5) is 0 Å². The Kier molecular flexibility index (Phi) is 3.83. The van der Waals surface area contributed by atoms with Gasteiger partial charge in [-0.05, 0) is 55.9 Å². The number of aryl methyl sites for hydroxylation is 1. The zero-order valence-corrected chi connectivity index (χ0v) is 12.2. The van der Waals surface area contributed by atoms with E-state index in [0.29, 0.717) is 12.1 Å². The lowest BCUT2D eigenvalue weighted by Gasteiger charge is -2.38. The summed E-state index contributed by atoms with van der Waals surface area (Å²) in [7, 11) is 0. The molecule has 2 aromatic rings. The molecular formula is C18H22N2. The monoisotopic (exact) mass is 266 g/mol. The van der Waals surface area contributed by atoms with E-state index in [-0.39, 0.29) is 0 Å². The lowest BCUT2D eigenvalue weighted by atomic mass is 9.75. The molecule has 1 aromatic heterocycles. The third-order valence-corrected chi connectivity index (χ3v) is 4.34. The Labute approximate surface area is 121 Å². The van der Waals surface area contributed by atoms with Crippen LogP contribution in [0.5, 0.6) is 0 Å². The number of pyridine rings is 1. The normalized spacial score (nSPS) is 23.1. The van der Waals surface area contributed by atoms with Gasteiger partial charge in [-0.2, -0.15) is 0 Å². The van der Waals surface area contributed by atoms with E-state index in [1.165, 1.54) is 29.5 Å². The Bertz CT molecular complexity index is 559. The SMILES string of the molecule is Cc1cccc(C2CC(NC(C)c3ccncc3)C2)c1. The Morgan fingerprint density at radius 2 is 1.90 bits per heavy atom. The highest BCUT2D eigenvalue weighted by Crippen LogP contribution is 2.38. The number of aromatic nitrogens is 1. The standard InChI is InChI=1S/C18H22N2/c1-13-4-3-5-16(10-13)17-11-18(12-17)20-14(2)15-6-8-19-9-7-15/h3-10,14,17-18,20H,11-12H2,1-2H3. The molecule has 1 aliphatic carbocycles. The van der Waals surface area contributed by atoms with Crippen molar-refractivity contribution in [2.75, 3.05) is 0 Å². The summed E-state index contributed by atoms with van der Waals surface area (Å²) >= 11 is 0. The van der Waals surface area contributed by atoms with Crippen LogP contribution in [0.15, 0.2) is 48.8 Å². The smallest absolute Gasteiger partial charge is 0.0295 e. The van der Waals surface area contributed by atoms with Crippen LogP contribution < -0.4 is 5.32 Å². The lowest BCUT2D eigenvalue weighted by molar-refractivity contribution is 0.271. The molecule has 2 heteroatoms. The minimum atomic E-state index is 0.404. The number of rotatable bonds is 4. The summed E-state index contributed by atoms with van der Waals surface area (Å²) in [5.74, 6) is 0.733. The maximum absolute atomic E-state index is 4.07. The maximum Gasteiger partial charge on any atom is 0.0295 e. The fourth-order valence-corrected chi connectivity index (χ4v) is 3.05. The Hall–Kier alpha value is -1.67. The predicted molar refractivity (Wildman–Crippen MR) is 82.7 cm³/mol. The summed E-state index contributed by atoms with van der Waals surface area (Å²) in [6, 6.07) is 14.2. The molecular weight excluding hydrogens is 244 g/mol. The van der Waals surface area contributed by atoms with E-state index in [9.17, 15) is 0 Å². The minimum absolute atomic E-state index is 0.404. The number of nitrogens with one attached hydrogen (secondary N) is 1. The van der Waals surface area contributed by atoms with Crippen molar-refractivity contribution in [3.63, 3.8) is 0 Å². The molecule has 0 saturated heterocycles. The molecule has 2 nitrogen and oxygen atoms in total. The van der Waals surface area contributed by atoms with Gasteiger partial charge in [0.25, 0.3) is 0 Å². The molecule has 0 spiro atoms. The lowest BCUT2D eigenvalue weighted by Crippen LogP contribution is -2.41. The van der Waals surface area contributed by atoms with E-state index in [2.05, 4.69) is 60.5 Å². The van der Waals surface area contributed by atoms with Crippen molar-refractivity contribution in [3.8, 4) is 0 Å². The molecule has 20 heavy (non-hydrogen) atoms. The van der Waals surface area contributed by atoms with Crippen LogP contribution in [0.2, 0.25) is 0 Å². The molecule has 1 fully saturated rings. The highest BCUT2D eigenvalue weighted by Gasteiger charge is 2.31. The van der Waals surface area contributed by atoms with Gasteiger partial charge in [0.05, 0.1) is 0 Å². The zero-order chi connectivity index (χ0) is 13.9. The Morgan fingerprint density at radius 3 is 2.60 bits per heavy atom. The number of benzene rings is 1. The zero-order valence-electron chi connectivity index (χ0n) is 12.2. The van der Waals surface area contributed by atoms with Crippen LogP contribution >= 0.6 is 0 Å². The van der Waals surface area contributed by atoms with Gasteiger partial charge in [-0.3, -0.25) is 4.98 Å². The molecule has 1 N–H and O–H groups in total. The fraction of sp³-hybridized carbons (Fsp3) is 0.389. The van der Waals surface area contributed by atoms with Gasteiger partial charge in [-0.15, -0.1) is 0 Å². The van der Waals surface area contributed by atoms with E-state index in [1.54, 1.807) is 0 Å². The van der Waals surface area contributed by atoms with Crippen LogP contribution in [0.1, 0.15) is 48.4 Å². The highest BCUT2D eigenvalue weighted by atomic mass is 15.0. The predicted octanol–water partition coefficient (Wildman–Crippen LogP) is 3.99. The summed E-state index contributed by atoms with van der Waals surface area (Å²) in [5.41, 5.74) is 4.18. The highest BCUT2D eigenvalue weighted by molar-refractivity contribution is 5.28. The Morgan fingerprint density at radius 1 is 1.15 bits per heavy atom. The van der Waals surface area contributed by atoms with Crippen LogP contribution in [-0.4, -0.2) is 11.0 Å². The van der Waals surface area contributed by atoms with Crippen molar-refractivity contribution < 1.29 is 0 Å². The number of hydrogen-bond donors (Lipinski definition) is 1. The van der Waals surface area contributed by atoms with Crippen molar-refractivity contribution in [2.45, 2.75) is 44.7 Å². The molecule has 1 aliphatic rings. The molecule has 1 saturated carbocycles. The molecule has 0 radical (unpaired) electrons. The second-order valence-electron chi connectivity index (χ2n) is 5.95. The molecule has 1 aromatic carbocycles. The van der Waals surface area contributed by atoms with Crippen molar-refractivity contribution in [2.24, 2.45) is 0 Å². The Balaban J connectivity index is 1.54. The van der Waals surface area contributed by atoms with Crippen LogP contribution in [-0.2, 0) is 0 Å². The summed E-state index contributed by atoms with van der Waals surface area (Å²) in [6.45, 7) is 4.40. The average Bonchev–Trinajstić information content (AvgIpc) is 2.43. The van der Waals surface area contributed by atoms with Crippen molar-refractivity contribution >= 4 is 0 Å². The maximum atomic E-state index is 4.07. The van der Waals surface area contributed by atoms with E-state index < -0.39 is 0 Å². The summed E-state index contributed by atoms with van der Waals surface area (Å²) in [5, 5.41) is 3.72. The molecule has 1 atom stereocenters. The van der Waals surface area contributed by atoms with Gasteiger partial charge >= 0.3 is 0 Å². The van der Waals surface area contributed by atoms with Gasteiger partial charge in [-0.25, -0.2) is 0 Å². The topological polar surface area (TPSA) is 24.9 Å². The molecule has 1 unspecified atom stereocenters. The van der Waals surface area contributed by atoms with Crippen molar-refractivity contribution in [1.29, 1.82) is 0 Å². The first-order valence-corrected chi connectivity index (χ1v) is 7.45. The van der Waals surface area contributed by atoms with E-state index in [4.69, 9.17) is 0 Å². The second-order valence-corrected chi connectivity index (χ2v) is 5.95. The van der Waals surface area contributed by atoms with Crippen LogP contribution in [0, 0.1) is 6.92 Å². The minimum Gasteiger partial charge on any atom is -0.307 e. The van der Waals surface area contributed by atoms with E-state index in [1.807, 2.05) is 12.4 Å². The van der Waals surface area contributed by atoms with Gasteiger partial charge in [0, 0.05) is 24.5 Å². The third-order valence-electron chi connectivity index (χ3n) is 4.34. The molecule has 1 heterocycles. The van der Waals surface area contributed by atoms with E-state index in [0.717, 1.165) is 5.92 Å². The first-order valence-electron chi connectivity index (χ1n) is 7.45. The van der Waals surface area contributed by atoms with Gasteiger partial charge in [0.2, 0.25) is 0 Å². The van der Waals surface area contributed by atoms with Gasteiger partial charge in [0.15, 0.2) is 0 Å². The number of nitrogens with zero attached hydrogens (tertiary/aromatic N) is 1. The average molecular weight is 266 g/mol.